The van der Waals surface area contributed by atoms with Gasteiger partial charge in [0.25, 0.3) is 0 Å². The molecule has 1 aliphatic heterocycles. The second-order valence-corrected chi connectivity index (χ2v) is 7.97. The van der Waals surface area contributed by atoms with Crippen LogP contribution in [0.2, 0.25) is 0 Å². The van der Waals surface area contributed by atoms with Gasteiger partial charge in [0.15, 0.2) is 0 Å². The van der Waals surface area contributed by atoms with Crippen molar-refractivity contribution in [1.29, 1.82) is 0 Å². The van der Waals surface area contributed by atoms with Crippen molar-refractivity contribution in [1.82, 2.24) is 10.2 Å². The van der Waals surface area contributed by atoms with Gasteiger partial charge in [0, 0.05) is 25.7 Å². The lowest BCUT2D eigenvalue weighted by molar-refractivity contribution is 0.128. The molecule has 2 saturated carbocycles. The highest BCUT2D eigenvalue weighted by molar-refractivity contribution is 4.85. The zero-order valence-electron chi connectivity index (χ0n) is 13.4. The third-order valence-corrected chi connectivity index (χ3v) is 5.90. The van der Waals surface area contributed by atoms with Gasteiger partial charge in [-0.3, -0.25) is 0 Å². The molecule has 2 heteroatoms. The number of likely N-dealkylation sites (tertiary alicyclic amines) is 1. The van der Waals surface area contributed by atoms with E-state index in [1.165, 1.54) is 84.0 Å². The Bertz CT molecular complexity index is 279. The zero-order valence-corrected chi connectivity index (χ0v) is 13.4. The summed E-state index contributed by atoms with van der Waals surface area (Å²) < 4.78 is 0. The zero-order chi connectivity index (χ0) is 13.8. The van der Waals surface area contributed by atoms with Crippen LogP contribution in [0.3, 0.4) is 0 Å². The lowest BCUT2D eigenvalue weighted by atomic mass is 9.94. The molecule has 2 nitrogen and oxygen atoms in total. The van der Waals surface area contributed by atoms with E-state index in [1.54, 1.807) is 0 Å². The molecule has 1 saturated heterocycles. The number of hydrogen-bond donors (Lipinski definition) is 1. The van der Waals surface area contributed by atoms with Gasteiger partial charge in [0.1, 0.15) is 0 Å². The molecule has 0 aromatic rings. The van der Waals surface area contributed by atoms with Gasteiger partial charge in [-0.15, -0.1) is 0 Å². The lowest BCUT2D eigenvalue weighted by Gasteiger charge is -2.38. The molecule has 2 atom stereocenters. The second kappa shape index (κ2) is 7.26. The normalized spacial score (nSPS) is 34.0. The first kappa shape index (κ1) is 14.8. The van der Waals surface area contributed by atoms with Crippen molar-refractivity contribution in [3.63, 3.8) is 0 Å². The largest absolute Gasteiger partial charge is 0.312 e. The molecular weight excluding hydrogens is 244 g/mol. The van der Waals surface area contributed by atoms with Gasteiger partial charge in [-0.25, -0.2) is 0 Å². The average molecular weight is 278 g/mol. The number of piperidine rings is 1. The molecule has 20 heavy (non-hydrogen) atoms. The van der Waals surface area contributed by atoms with Crippen molar-refractivity contribution >= 4 is 0 Å². The Balaban J connectivity index is 1.42. The van der Waals surface area contributed by atoms with Gasteiger partial charge in [-0.1, -0.05) is 32.6 Å². The quantitative estimate of drug-likeness (QED) is 0.825. The number of nitrogens with one attached hydrogen (secondary N) is 1. The van der Waals surface area contributed by atoms with Crippen molar-refractivity contribution in [3.05, 3.63) is 0 Å². The van der Waals surface area contributed by atoms with Crippen LogP contribution in [-0.4, -0.2) is 37.1 Å². The Kier molecular flexibility index (Phi) is 5.39. The fraction of sp³-hybridized carbons (Fsp3) is 1.00. The maximum Gasteiger partial charge on any atom is 0.0198 e. The summed E-state index contributed by atoms with van der Waals surface area (Å²) in [7, 11) is 0. The molecule has 0 radical (unpaired) electrons. The van der Waals surface area contributed by atoms with E-state index >= 15 is 0 Å². The summed E-state index contributed by atoms with van der Waals surface area (Å²) in [6.45, 7) is 7.78. The minimum Gasteiger partial charge on any atom is -0.312 e. The molecule has 0 aromatic carbocycles. The molecule has 1 heterocycles. The SMILES string of the molecule is CC1CC(NCC2CCCC2)CN(CC2CCCC2)C1. The topological polar surface area (TPSA) is 15.3 Å². The smallest absolute Gasteiger partial charge is 0.0198 e. The van der Waals surface area contributed by atoms with E-state index in [1.807, 2.05) is 0 Å². The van der Waals surface area contributed by atoms with E-state index in [2.05, 4.69) is 17.1 Å². The minimum atomic E-state index is 0.765. The van der Waals surface area contributed by atoms with Crippen LogP contribution in [0.5, 0.6) is 0 Å². The summed E-state index contributed by atoms with van der Waals surface area (Å²) in [6, 6.07) is 0.765. The van der Waals surface area contributed by atoms with Crippen molar-refractivity contribution in [2.24, 2.45) is 17.8 Å². The first-order valence-corrected chi connectivity index (χ1v) is 9.25. The van der Waals surface area contributed by atoms with Crippen LogP contribution >= 0.6 is 0 Å². The Morgan fingerprint density at radius 1 is 0.900 bits per heavy atom. The molecular formula is C18H34N2. The van der Waals surface area contributed by atoms with E-state index in [0.29, 0.717) is 0 Å². The predicted molar refractivity (Wildman–Crippen MR) is 85.9 cm³/mol. The van der Waals surface area contributed by atoms with Crippen molar-refractivity contribution in [3.8, 4) is 0 Å². The minimum absolute atomic E-state index is 0.765. The molecule has 0 amide bonds. The molecule has 116 valence electrons. The molecule has 3 fully saturated rings. The maximum absolute atomic E-state index is 3.91. The Hall–Kier alpha value is -0.0800. The summed E-state index contributed by atoms with van der Waals surface area (Å²) in [5.41, 5.74) is 0. The molecule has 0 bridgehead atoms. The van der Waals surface area contributed by atoms with Crippen molar-refractivity contribution in [2.75, 3.05) is 26.2 Å². The highest BCUT2D eigenvalue weighted by Gasteiger charge is 2.27. The molecule has 0 spiro atoms. The fourth-order valence-corrected chi connectivity index (χ4v) is 4.86. The Morgan fingerprint density at radius 2 is 1.55 bits per heavy atom. The second-order valence-electron chi connectivity index (χ2n) is 7.97. The van der Waals surface area contributed by atoms with Crippen LogP contribution in [-0.2, 0) is 0 Å². The molecule has 0 aromatic heterocycles. The van der Waals surface area contributed by atoms with Crippen LogP contribution in [0.4, 0.5) is 0 Å². The molecule has 1 N–H and O–H groups in total. The third-order valence-electron chi connectivity index (χ3n) is 5.90. The van der Waals surface area contributed by atoms with E-state index in [4.69, 9.17) is 0 Å². The Morgan fingerprint density at radius 3 is 2.25 bits per heavy atom. The first-order chi connectivity index (χ1) is 9.79. The van der Waals surface area contributed by atoms with Crippen LogP contribution in [0.1, 0.15) is 64.7 Å². The average Bonchev–Trinajstić information content (AvgIpc) is 3.08. The fourth-order valence-electron chi connectivity index (χ4n) is 4.86. The van der Waals surface area contributed by atoms with E-state index in [9.17, 15) is 0 Å². The van der Waals surface area contributed by atoms with Gasteiger partial charge in [-0.05, 0) is 56.4 Å². The summed E-state index contributed by atoms with van der Waals surface area (Å²) in [6.07, 6.45) is 13.2. The van der Waals surface area contributed by atoms with Gasteiger partial charge in [0.2, 0.25) is 0 Å². The Labute approximate surface area is 125 Å². The van der Waals surface area contributed by atoms with Gasteiger partial charge in [0.05, 0.1) is 0 Å². The predicted octanol–water partition coefficient (Wildman–Crippen LogP) is 3.67. The monoisotopic (exact) mass is 278 g/mol. The van der Waals surface area contributed by atoms with E-state index in [-0.39, 0.29) is 0 Å². The molecule has 2 unspecified atom stereocenters. The first-order valence-electron chi connectivity index (χ1n) is 9.25. The highest BCUT2D eigenvalue weighted by Crippen LogP contribution is 2.28. The van der Waals surface area contributed by atoms with Gasteiger partial charge in [-0.2, -0.15) is 0 Å². The van der Waals surface area contributed by atoms with Gasteiger partial charge >= 0.3 is 0 Å². The maximum atomic E-state index is 3.91. The summed E-state index contributed by atoms with van der Waals surface area (Å²) in [4.78, 5) is 2.77. The third kappa shape index (κ3) is 4.21. The number of hydrogen-bond acceptors (Lipinski definition) is 2. The van der Waals surface area contributed by atoms with Crippen LogP contribution in [0.15, 0.2) is 0 Å². The van der Waals surface area contributed by atoms with Crippen LogP contribution in [0.25, 0.3) is 0 Å². The molecule has 3 aliphatic rings. The van der Waals surface area contributed by atoms with E-state index in [0.717, 1.165) is 23.8 Å². The molecule has 3 rings (SSSR count). The lowest BCUT2D eigenvalue weighted by Crippen LogP contribution is -2.50. The summed E-state index contributed by atoms with van der Waals surface area (Å²) in [5.74, 6) is 2.87. The standard InChI is InChI=1S/C18H34N2/c1-15-10-18(19-11-16-6-2-3-7-16)14-20(12-15)13-17-8-4-5-9-17/h15-19H,2-14H2,1H3. The van der Waals surface area contributed by atoms with Crippen LogP contribution < -0.4 is 5.32 Å². The van der Waals surface area contributed by atoms with Crippen molar-refractivity contribution in [2.45, 2.75) is 70.8 Å². The summed E-state index contributed by atoms with van der Waals surface area (Å²) in [5, 5.41) is 3.91. The number of rotatable bonds is 5. The van der Waals surface area contributed by atoms with Crippen molar-refractivity contribution < 1.29 is 0 Å². The van der Waals surface area contributed by atoms with Gasteiger partial charge < -0.3 is 10.2 Å². The van der Waals surface area contributed by atoms with E-state index < -0.39 is 0 Å². The molecule has 2 aliphatic carbocycles. The summed E-state index contributed by atoms with van der Waals surface area (Å²) >= 11 is 0. The van der Waals surface area contributed by atoms with Crippen LogP contribution in [0, 0.1) is 17.8 Å². The highest BCUT2D eigenvalue weighted by atomic mass is 15.2. The number of nitrogens with zero attached hydrogens (tertiary/aromatic N) is 1.